The highest BCUT2D eigenvalue weighted by molar-refractivity contribution is 5.96. The molecule has 13 nitrogen and oxygen atoms in total. The highest BCUT2D eigenvalue weighted by Crippen LogP contribution is 2.45. The third-order valence-corrected chi connectivity index (χ3v) is 7.89. The number of benzene rings is 1. The average Bonchev–Trinajstić information content (AvgIpc) is 3.24. The van der Waals surface area contributed by atoms with Gasteiger partial charge in [0.15, 0.2) is 0 Å². The van der Waals surface area contributed by atoms with Crippen LogP contribution in [-0.2, 0) is 25.3 Å². The third kappa shape index (κ3) is 7.31. The lowest BCUT2D eigenvalue weighted by Gasteiger charge is -2.36. The predicted molar refractivity (Wildman–Crippen MR) is 157 cm³/mol. The second-order valence-corrected chi connectivity index (χ2v) is 13.7. The number of aromatic nitrogens is 4. The van der Waals surface area contributed by atoms with Crippen molar-refractivity contribution in [3.8, 4) is 11.4 Å². The van der Waals surface area contributed by atoms with Crippen molar-refractivity contribution in [2.75, 3.05) is 6.54 Å². The van der Waals surface area contributed by atoms with Crippen molar-refractivity contribution in [1.82, 2.24) is 35.7 Å². The van der Waals surface area contributed by atoms with Crippen LogP contribution in [0.25, 0.3) is 11.4 Å². The molecule has 1 saturated carbocycles. The lowest BCUT2D eigenvalue weighted by Crippen LogP contribution is -2.59. The Morgan fingerprint density at radius 2 is 1.74 bits per heavy atom. The normalized spacial score (nSPS) is 23.8. The van der Waals surface area contributed by atoms with E-state index in [0.717, 1.165) is 12.1 Å². The number of likely N-dealkylation sites (tertiary alicyclic amines) is 1. The fraction of sp³-hybridized carbons (Fsp3) is 0.567. The van der Waals surface area contributed by atoms with Crippen LogP contribution in [0.2, 0.25) is 0 Å². The molecule has 1 aliphatic carbocycles. The molecule has 2 fully saturated rings. The van der Waals surface area contributed by atoms with Crippen LogP contribution in [0.4, 0.5) is 18.0 Å². The van der Waals surface area contributed by atoms with Gasteiger partial charge in [-0.3, -0.25) is 9.59 Å². The molecule has 16 heteroatoms. The predicted octanol–water partition coefficient (Wildman–Crippen LogP) is 3.59. The molecule has 2 aliphatic rings. The fourth-order valence-corrected chi connectivity index (χ4v) is 5.34. The Labute approximate surface area is 263 Å². The van der Waals surface area contributed by atoms with Gasteiger partial charge in [0, 0.05) is 24.4 Å². The van der Waals surface area contributed by atoms with E-state index in [9.17, 15) is 37.5 Å². The SMILES string of the molecule is C=CC1CC1(NC(=O)C1CC(n2nnc(-c3ccc(C(F)(F)F)cc3)n2)CN1C(=O)C(NC(=O)OC(C)(C)C)C(C)(C)C)C(=O)O. The Bertz CT molecular complexity index is 1510. The maximum atomic E-state index is 14.1. The number of carboxylic acids is 1. The summed E-state index contributed by atoms with van der Waals surface area (Å²) in [6.45, 7) is 13.7. The second kappa shape index (κ2) is 12.0. The Morgan fingerprint density at radius 3 is 2.24 bits per heavy atom. The molecule has 1 saturated heterocycles. The number of alkyl carbamates (subject to hydrolysis) is 1. The maximum absolute atomic E-state index is 14.1. The van der Waals surface area contributed by atoms with Crippen LogP contribution >= 0.6 is 0 Å². The topological polar surface area (TPSA) is 169 Å². The van der Waals surface area contributed by atoms with E-state index in [0.29, 0.717) is 0 Å². The molecule has 1 aromatic carbocycles. The number of halogens is 3. The van der Waals surface area contributed by atoms with Crippen LogP contribution in [0.5, 0.6) is 0 Å². The van der Waals surface area contributed by atoms with Gasteiger partial charge in [-0.2, -0.15) is 18.0 Å². The van der Waals surface area contributed by atoms with Gasteiger partial charge in [-0.25, -0.2) is 9.59 Å². The third-order valence-electron chi connectivity index (χ3n) is 7.89. The lowest BCUT2D eigenvalue weighted by atomic mass is 9.85. The van der Waals surface area contributed by atoms with Crippen LogP contribution in [0.1, 0.15) is 66.0 Å². The average molecular weight is 650 g/mol. The molecule has 4 rings (SSSR count). The summed E-state index contributed by atoms with van der Waals surface area (Å²) < 4.78 is 44.4. The number of tetrazole rings is 1. The number of amides is 3. The molecule has 3 N–H and O–H groups in total. The minimum atomic E-state index is -4.52. The fourth-order valence-electron chi connectivity index (χ4n) is 5.34. The van der Waals surface area contributed by atoms with Gasteiger partial charge in [-0.15, -0.1) is 16.8 Å². The zero-order valence-corrected chi connectivity index (χ0v) is 26.4. The Hall–Kier alpha value is -4.50. The number of carbonyl (C=O) groups excluding carboxylic acids is 3. The summed E-state index contributed by atoms with van der Waals surface area (Å²) in [5.41, 5.74) is -3.84. The lowest BCUT2D eigenvalue weighted by molar-refractivity contribution is -0.146. The van der Waals surface area contributed by atoms with Gasteiger partial charge in [0.2, 0.25) is 17.6 Å². The van der Waals surface area contributed by atoms with E-state index < -0.39 is 76.2 Å². The highest BCUT2D eigenvalue weighted by Gasteiger charge is 2.61. The molecule has 2 heterocycles. The number of carbonyl (C=O) groups is 4. The summed E-state index contributed by atoms with van der Waals surface area (Å²) in [5, 5.41) is 27.4. The van der Waals surface area contributed by atoms with Crippen molar-refractivity contribution in [3.63, 3.8) is 0 Å². The maximum Gasteiger partial charge on any atom is 0.416 e. The van der Waals surface area contributed by atoms with E-state index in [4.69, 9.17) is 4.74 Å². The first-order chi connectivity index (χ1) is 21.2. The van der Waals surface area contributed by atoms with Crippen molar-refractivity contribution in [2.45, 2.75) is 89.8 Å². The van der Waals surface area contributed by atoms with E-state index >= 15 is 0 Å². The Morgan fingerprint density at radius 1 is 1.11 bits per heavy atom. The van der Waals surface area contributed by atoms with Crippen molar-refractivity contribution < 1.29 is 42.2 Å². The summed E-state index contributed by atoms with van der Waals surface area (Å²) in [4.78, 5) is 55.1. The van der Waals surface area contributed by atoms with Crippen molar-refractivity contribution >= 4 is 23.9 Å². The minimum absolute atomic E-state index is 0.0234. The first kappa shape index (κ1) is 34.4. The summed E-state index contributed by atoms with van der Waals surface area (Å²) >= 11 is 0. The summed E-state index contributed by atoms with van der Waals surface area (Å²) in [6.07, 6.45) is -3.83. The summed E-state index contributed by atoms with van der Waals surface area (Å²) in [7, 11) is 0. The molecule has 1 aliphatic heterocycles. The molecule has 2 aromatic rings. The van der Waals surface area contributed by atoms with Crippen molar-refractivity contribution in [2.24, 2.45) is 11.3 Å². The molecular weight excluding hydrogens is 611 g/mol. The molecule has 46 heavy (non-hydrogen) atoms. The molecular formula is C30H38F3N7O6. The molecule has 250 valence electrons. The van der Waals surface area contributed by atoms with Gasteiger partial charge >= 0.3 is 18.2 Å². The van der Waals surface area contributed by atoms with Gasteiger partial charge in [0.1, 0.15) is 23.2 Å². The number of ether oxygens (including phenoxy) is 1. The molecule has 5 atom stereocenters. The van der Waals surface area contributed by atoms with E-state index in [2.05, 4.69) is 32.6 Å². The van der Waals surface area contributed by atoms with Crippen molar-refractivity contribution in [3.05, 3.63) is 42.5 Å². The molecule has 5 unspecified atom stereocenters. The van der Waals surface area contributed by atoms with Gasteiger partial charge in [-0.1, -0.05) is 39.0 Å². The highest BCUT2D eigenvalue weighted by atomic mass is 19.4. The minimum Gasteiger partial charge on any atom is -0.479 e. The smallest absolute Gasteiger partial charge is 0.416 e. The van der Waals surface area contributed by atoms with Crippen LogP contribution in [0, 0.1) is 11.3 Å². The molecule has 0 radical (unpaired) electrons. The monoisotopic (exact) mass is 649 g/mol. The van der Waals surface area contributed by atoms with Crippen molar-refractivity contribution in [1.29, 1.82) is 0 Å². The van der Waals surface area contributed by atoms with E-state index in [1.54, 1.807) is 41.5 Å². The Balaban J connectivity index is 1.64. The number of nitrogens with one attached hydrogen (secondary N) is 2. The van der Waals surface area contributed by atoms with Crippen LogP contribution in [0.15, 0.2) is 36.9 Å². The van der Waals surface area contributed by atoms with E-state index in [1.807, 2.05) is 0 Å². The first-order valence-corrected chi connectivity index (χ1v) is 14.6. The number of aliphatic carboxylic acids is 1. The van der Waals surface area contributed by atoms with E-state index in [1.165, 1.54) is 27.9 Å². The Kier molecular flexibility index (Phi) is 8.98. The number of hydrogen-bond acceptors (Lipinski definition) is 8. The van der Waals surface area contributed by atoms with Gasteiger partial charge in [0.05, 0.1) is 11.6 Å². The number of rotatable bonds is 8. The van der Waals surface area contributed by atoms with Crippen LogP contribution in [0.3, 0.4) is 0 Å². The number of nitrogens with zero attached hydrogens (tertiary/aromatic N) is 5. The van der Waals surface area contributed by atoms with Gasteiger partial charge in [-0.05, 0) is 50.0 Å². The van der Waals surface area contributed by atoms with E-state index in [-0.39, 0.29) is 30.8 Å². The standard InChI is InChI=1S/C30H38F3N7O6/c1-8-17-14-29(17,25(43)44)35-23(41)20-13-19(40-37-22(36-38-40)16-9-11-18(12-10-16)30(31,32)33)15-39(20)24(42)21(27(2,3)4)34-26(45)46-28(5,6)7/h8-12,17,19-21H,1,13-15H2,2-7H3,(H,34,45)(H,35,41)(H,43,44). The number of carboxylic acid groups (broad SMARTS) is 1. The van der Waals surface area contributed by atoms with Crippen LogP contribution < -0.4 is 10.6 Å². The van der Waals surface area contributed by atoms with Gasteiger partial charge in [0.25, 0.3) is 0 Å². The quantitative estimate of drug-likeness (QED) is 0.362. The second-order valence-electron chi connectivity index (χ2n) is 13.7. The van der Waals surface area contributed by atoms with Gasteiger partial charge < -0.3 is 25.4 Å². The van der Waals surface area contributed by atoms with Crippen LogP contribution in [-0.4, -0.2) is 83.9 Å². The molecule has 1 aromatic heterocycles. The number of alkyl halides is 3. The molecule has 0 spiro atoms. The summed E-state index contributed by atoms with van der Waals surface area (Å²) in [5.74, 6) is -3.07. The largest absolute Gasteiger partial charge is 0.479 e. The zero-order valence-electron chi connectivity index (χ0n) is 26.4. The molecule has 3 amide bonds. The zero-order chi connectivity index (χ0) is 34.4. The molecule has 0 bridgehead atoms. The summed E-state index contributed by atoms with van der Waals surface area (Å²) in [6, 6.07) is 1.12. The first-order valence-electron chi connectivity index (χ1n) is 14.6. The number of hydrogen-bond donors (Lipinski definition) is 3.